The van der Waals surface area contributed by atoms with Gasteiger partial charge in [0, 0.05) is 17.9 Å². The Balaban J connectivity index is 0.000000396. The van der Waals surface area contributed by atoms with Crippen molar-refractivity contribution in [1.29, 1.82) is 0 Å². The molecular formula is C11H19NO. The van der Waals surface area contributed by atoms with E-state index in [1.54, 1.807) is 0 Å². The largest absolute Gasteiger partial charge is 0.317 e. The predicted molar refractivity (Wildman–Crippen MR) is 54.6 cm³/mol. The summed E-state index contributed by atoms with van der Waals surface area (Å²) < 4.78 is 0. The van der Waals surface area contributed by atoms with Crippen LogP contribution in [0.4, 0.5) is 0 Å². The Labute approximate surface area is 80.4 Å². The molecule has 2 unspecified atom stereocenters. The minimum Gasteiger partial charge on any atom is -0.317 e. The van der Waals surface area contributed by atoms with Crippen LogP contribution in [0.3, 0.4) is 0 Å². The Morgan fingerprint density at radius 2 is 1.69 bits per heavy atom. The first kappa shape index (κ1) is 10.5. The molecule has 2 aliphatic rings. The van der Waals surface area contributed by atoms with E-state index in [-0.39, 0.29) is 0 Å². The quantitative estimate of drug-likeness (QED) is 0.625. The molecule has 2 saturated carbocycles. The number of hydrogen-bond donors (Lipinski definition) is 1. The lowest BCUT2D eigenvalue weighted by molar-refractivity contribution is -0.126. The lowest BCUT2D eigenvalue weighted by Gasteiger charge is -2.25. The standard InChI is InChI=1S/C9H15NO.C2H4/c1-10-8-4-6-2-3-7(5-8)9(6)11;1-2/h6-8,10H,2-5H2,1H3;1-2H2. The maximum absolute atomic E-state index is 11.4. The Morgan fingerprint density at radius 3 is 2.08 bits per heavy atom. The van der Waals surface area contributed by atoms with Gasteiger partial charge in [-0.2, -0.15) is 0 Å². The van der Waals surface area contributed by atoms with Gasteiger partial charge in [0.15, 0.2) is 0 Å². The molecule has 2 aliphatic carbocycles. The summed E-state index contributed by atoms with van der Waals surface area (Å²) >= 11 is 0. The van der Waals surface area contributed by atoms with E-state index in [4.69, 9.17) is 0 Å². The second kappa shape index (κ2) is 4.56. The third-order valence-electron chi connectivity index (χ3n) is 3.21. The monoisotopic (exact) mass is 181 g/mol. The van der Waals surface area contributed by atoms with Crippen LogP contribution in [0, 0.1) is 11.8 Å². The SMILES string of the molecule is C=C.CNC1CC2CCC(C1)C2=O. The summed E-state index contributed by atoms with van der Waals surface area (Å²) in [5.74, 6) is 1.37. The summed E-state index contributed by atoms with van der Waals surface area (Å²) in [6, 6.07) is 0.616. The lowest BCUT2D eigenvalue weighted by Crippen LogP contribution is -2.36. The molecule has 0 aromatic heterocycles. The van der Waals surface area contributed by atoms with Crippen LogP contribution in [-0.4, -0.2) is 18.9 Å². The van der Waals surface area contributed by atoms with Crippen molar-refractivity contribution in [2.75, 3.05) is 7.05 Å². The van der Waals surface area contributed by atoms with Crippen molar-refractivity contribution in [3.63, 3.8) is 0 Å². The Morgan fingerprint density at radius 1 is 1.23 bits per heavy atom. The van der Waals surface area contributed by atoms with Crippen LogP contribution in [0.15, 0.2) is 13.2 Å². The first-order valence-corrected chi connectivity index (χ1v) is 5.02. The van der Waals surface area contributed by atoms with Crippen LogP contribution in [0.25, 0.3) is 0 Å². The van der Waals surface area contributed by atoms with Gasteiger partial charge < -0.3 is 5.32 Å². The van der Waals surface area contributed by atoms with Crippen LogP contribution in [0.2, 0.25) is 0 Å². The number of carbonyl (C=O) groups is 1. The fourth-order valence-electron chi connectivity index (χ4n) is 2.51. The Bertz CT molecular complexity index is 175. The van der Waals surface area contributed by atoms with Crippen molar-refractivity contribution in [3.05, 3.63) is 13.2 Å². The molecule has 2 atom stereocenters. The van der Waals surface area contributed by atoms with Gasteiger partial charge in [0.1, 0.15) is 5.78 Å². The number of hydrogen-bond acceptors (Lipinski definition) is 2. The van der Waals surface area contributed by atoms with E-state index in [9.17, 15) is 4.79 Å². The van der Waals surface area contributed by atoms with Gasteiger partial charge in [-0.05, 0) is 32.7 Å². The maximum Gasteiger partial charge on any atom is 0.139 e. The average Bonchev–Trinajstić information content (AvgIpc) is 2.45. The van der Waals surface area contributed by atoms with Crippen LogP contribution in [0.1, 0.15) is 25.7 Å². The first-order chi connectivity index (χ1) is 6.31. The molecule has 0 saturated heterocycles. The molecule has 13 heavy (non-hydrogen) atoms. The van der Waals surface area contributed by atoms with Crippen LogP contribution in [-0.2, 0) is 4.79 Å². The molecule has 74 valence electrons. The Kier molecular flexibility index (Phi) is 3.67. The third-order valence-corrected chi connectivity index (χ3v) is 3.21. The van der Waals surface area contributed by atoms with Crippen LogP contribution in [0.5, 0.6) is 0 Å². The summed E-state index contributed by atoms with van der Waals surface area (Å²) in [6.07, 6.45) is 4.49. The number of Topliss-reactive ketones (excluding diaryl/α,β-unsaturated/α-hetero) is 1. The van der Waals surface area contributed by atoms with Gasteiger partial charge >= 0.3 is 0 Å². The van der Waals surface area contributed by atoms with Crippen molar-refractivity contribution >= 4 is 5.78 Å². The maximum atomic E-state index is 11.4. The smallest absolute Gasteiger partial charge is 0.139 e. The number of rotatable bonds is 1. The van der Waals surface area contributed by atoms with Gasteiger partial charge in [-0.1, -0.05) is 0 Å². The van der Waals surface area contributed by atoms with Crippen molar-refractivity contribution in [3.8, 4) is 0 Å². The molecule has 0 radical (unpaired) electrons. The van der Waals surface area contributed by atoms with E-state index in [0.717, 1.165) is 25.7 Å². The second-order valence-corrected chi connectivity index (χ2v) is 3.83. The minimum atomic E-state index is 0.409. The van der Waals surface area contributed by atoms with Crippen LogP contribution >= 0.6 is 0 Å². The number of nitrogens with one attached hydrogen (secondary N) is 1. The van der Waals surface area contributed by atoms with Gasteiger partial charge in [-0.3, -0.25) is 4.79 Å². The van der Waals surface area contributed by atoms with E-state index in [1.807, 2.05) is 7.05 Å². The fraction of sp³-hybridized carbons (Fsp3) is 0.727. The zero-order valence-corrected chi connectivity index (χ0v) is 8.38. The van der Waals surface area contributed by atoms with Crippen molar-refractivity contribution in [2.24, 2.45) is 11.8 Å². The van der Waals surface area contributed by atoms with Gasteiger partial charge in [0.05, 0.1) is 0 Å². The topological polar surface area (TPSA) is 29.1 Å². The summed E-state index contributed by atoms with van der Waals surface area (Å²) in [4.78, 5) is 11.4. The molecular weight excluding hydrogens is 162 g/mol. The zero-order valence-electron chi connectivity index (χ0n) is 8.38. The molecule has 1 N–H and O–H groups in total. The highest BCUT2D eigenvalue weighted by Gasteiger charge is 2.40. The predicted octanol–water partition coefficient (Wildman–Crippen LogP) is 1.77. The molecule has 0 aliphatic heterocycles. The molecule has 2 rings (SSSR count). The molecule has 0 heterocycles. The van der Waals surface area contributed by atoms with Gasteiger partial charge in [0.25, 0.3) is 0 Å². The molecule has 0 aromatic rings. The molecule has 0 aromatic carbocycles. The molecule has 2 bridgehead atoms. The van der Waals surface area contributed by atoms with Gasteiger partial charge in [-0.15, -0.1) is 13.2 Å². The third kappa shape index (κ3) is 1.99. The number of carbonyl (C=O) groups excluding carboxylic acids is 1. The first-order valence-electron chi connectivity index (χ1n) is 5.02. The number of fused-ring (bicyclic) bond motifs is 2. The van der Waals surface area contributed by atoms with Crippen molar-refractivity contribution in [1.82, 2.24) is 5.32 Å². The summed E-state index contributed by atoms with van der Waals surface area (Å²) in [6.45, 7) is 6.00. The summed E-state index contributed by atoms with van der Waals surface area (Å²) in [5.41, 5.74) is 0. The lowest BCUT2D eigenvalue weighted by atomic mass is 9.84. The van der Waals surface area contributed by atoms with Crippen molar-refractivity contribution in [2.45, 2.75) is 31.7 Å². The fourth-order valence-corrected chi connectivity index (χ4v) is 2.51. The van der Waals surface area contributed by atoms with E-state index in [1.165, 1.54) is 0 Å². The zero-order chi connectivity index (χ0) is 9.84. The van der Waals surface area contributed by atoms with Gasteiger partial charge in [0.2, 0.25) is 0 Å². The number of ketones is 1. The molecule has 0 spiro atoms. The highest BCUT2D eigenvalue weighted by atomic mass is 16.1. The molecule has 0 amide bonds. The van der Waals surface area contributed by atoms with E-state index >= 15 is 0 Å². The van der Waals surface area contributed by atoms with Crippen LogP contribution < -0.4 is 5.32 Å². The van der Waals surface area contributed by atoms with Gasteiger partial charge in [-0.25, -0.2) is 0 Å². The van der Waals surface area contributed by atoms with E-state index in [0.29, 0.717) is 23.7 Å². The molecule has 2 fully saturated rings. The molecule has 2 nitrogen and oxygen atoms in total. The highest BCUT2D eigenvalue weighted by Crippen LogP contribution is 2.38. The normalized spacial score (nSPS) is 36.7. The average molecular weight is 181 g/mol. The minimum absolute atomic E-state index is 0.409. The highest BCUT2D eigenvalue weighted by molar-refractivity contribution is 5.86. The second-order valence-electron chi connectivity index (χ2n) is 3.83. The molecule has 2 heteroatoms. The van der Waals surface area contributed by atoms with E-state index < -0.39 is 0 Å². The summed E-state index contributed by atoms with van der Waals surface area (Å²) in [7, 11) is 2.00. The Hall–Kier alpha value is -0.630. The van der Waals surface area contributed by atoms with E-state index in [2.05, 4.69) is 18.5 Å². The summed E-state index contributed by atoms with van der Waals surface area (Å²) in [5, 5.41) is 3.27. The van der Waals surface area contributed by atoms with Crippen molar-refractivity contribution < 1.29 is 4.79 Å².